The molecule has 0 radical (unpaired) electrons. The van der Waals surface area contributed by atoms with Gasteiger partial charge in [-0.15, -0.1) is 0 Å². The lowest BCUT2D eigenvalue weighted by Gasteiger charge is -2.12. The maximum Gasteiger partial charge on any atom is 0.274 e. The number of aromatic nitrogens is 2. The molecule has 0 aliphatic heterocycles. The maximum absolute atomic E-state index is 12.7. The molecule has 0 bridgehead atoms. The first-order valence-electron chi connectivity index (χ1n) is 8.27. The molecule has 0 atom stereocenters. The number of carbonyl (C=O) groups excluding carboxylic acids is 1. The summed E-state index contributed by atoms with van der Waals surface area (Å²) in [5.41, 5.74) is 2.18. The summed E-state index contributed by atoms with van der Waals surface area (Å²) in [6, 6.07) is 15.5. The lowest BCUT2D eigenvalue weighted by Crippen LogP contribution is -2.16. The molecule has 0 saturated heterocycles. The molecule has 0 aliphatic rings. The molecule has 8 heteroatoms. The van der Waals surface area contributed by atoms with Crippen molar-refractivity contribution in [2.45, 2.75) is 6.92 Å². The first kappa shape index (κ1) is 19.1. The summed E-state index contributed by atoms with van der Waals surface area (Å²) in [4.78, 5) is 21.2. The second-order valence-electron chi connectivity index (χ2n) is 5.80. The van der Waals surface area contributed by atoms with Crippen LogP contribution in [0.25, 0.3) is 0 Å². The average molecular weight is 394 g/mol. The molecule has 0 saturated carbocycles. The fraction of sp³-hybridized carbons (Fsp3) is 0.100. The number of halogens is 1. The fourth-order valence-electron chi connectivity index (χ4n) is 2.52. The van der Waals surface area contributed by atoms with Crippen molar-refractivity contribution < 1.29 is 9.53 Å². The molecule has 140 valence electrons. The second kappa shape index (κ2) is 8.37. The van der Waals surface area contributed by atoms with E-state index < -0.39 is 5.91 Å². The van der Waals surface area contributed by atoms with Gasteiger partial charge in [-0.1, -0.05) is 23.7 Å². The zero-order valence-electron chi connectivity index (χ0n) is 15.2. The van der Waals surface area contributed by atoms with Crippen molar-refractivity contribution in [1.82, 2.24) is 9.97 Å². The minimum atomic E-state index is -0.442. The highest BCUT2D eigenvalue weighted by atomic mass is 35.5. The summed E-state index contributed by atoms with van der Waals surface area (Å²) >= 11 is 6.00. The van der Waals surface area contributed by atoms with Crippen LogP contribution in [0.2, 0.25) is 5.02 Å². The number of anilines is 3. The second-order valence-corrected chi connectivity index (χ2v) is 6.24. The van der Waals surface area contributed by atoms with Crippen molar-refractivity contribution in [3.63, 3.8) is 0 Å². The molecule has 7 nitrogen and oxygen atoms in total. The zero-order chi connectivity index (χ0) is 20.1. The van der Waals surface area contributed by atoms with Gasteiger partial charge in [-0.25, -0.2) is 9.97 Å². The van der Waals surface area contributed by atoms with E-state index in [-0.39, 0.29) is 11.6 Å². The number of nitrogens with one attached hydrogen (secondary N) is 2. The molecule has 1 aromatic heterocycles. The summed E-state index contributed by atoms with van der Waals surface area (Å²) in [6.45, 7) is 1.75. The third-order valence-electron chi connectivity index (χ3n) is 3.79. The number of amides is 1. The number of nitrogens with zero attached hydrogens (tertiary/aromatic N) is 3. The van der Waals surface area contributed by atoms with E-state index >= 15 is 0 Å². The van der Waals surface area contributed by atoms with Crippen LogP contribution in [0.1, 0.15) is 21.7 Å². The number of ether oxygens (including phenoxy) is 1. The van der Waals surface area contributed by atoms with Crippen molar-refractivity contribution in [1.29, 1.82) is 5.26 Å². The molecule has 0 aliphatic carbocycles. The number of aryl methyl sites for hydroxylation is 1. The summed E-state index contributed by atoms with van der Waals surface area (Å²) in [5, 5.41) is 15.4. The first-order chi connectivity index (χ1) is 13.5. The Morgan fingerprint density at radius 3 is 2.68 bits per heavy atom. The lowest BCUT2D eigenvalue weighted by molar-refractivity contribution is 0.102. The molecule has 1 amide bonds. The summed E-state index contributed by atoms with van der Waals surface area (Å²) < 4.78 is 5.24. The van der Waals surface area contributed by atoms with Crippen molar-refractivity contribution in [2.24, 2.45) is 0 Å². The molecule has 28 heavy (non-hydrogen) atoms. The SMILES string of the molecule is COc1ccc(Cl)cc1NC(=O)c1cc(C)nc(Nc2ccccc2C#N)n1. The minimum Gasteiger partial charge on any atom is -0.495 e. The highest BCUT2D eigenvalue weighted by molar-refractivity contribution is 6.31. The van der Waals surface area contributed by atoms with Crippen LogP contribution in [-0.4, -0.2) is 23.0 Å². The van der Waals surface area contributed by atoms with Crippen molar-refractivity contribution in [3.05, 3.63) is 70.5 Å². The maximum atomic E-state index is 12.7. The van der Waals surface area contributed by atoms with Crippen LogP contribution < -0.4 is 15.4 Å². The Kier molecular flexibility index (Phi) is 5.72. The summed E-state index contributed by atoms with van der Waals surface area (Å²) in [6.07, 6.45) is 0. The highest BCUT2D eigenvalue weighted by Crippen LogP contribution is 2.28. The molecule has 0 unspecified atom stereocenters. The molecule has 3 aromatic rings. The fourth-order valence-corrected chi connectivity index (χ4v) is 2.69. The van der Waals surface area contributed by atoms with E-state index in [9.17, 15) is 10.1 Å². The smallest absolute Gasteiger partial charge is 0.274 e. The number of para-hydroxylation sites is 1. The number of benzene rings is 2. The van der Waals surface area contributed by atoms with E-state index in [4.69, 9.17) is 16.3 Å². The van der Waals surface area contributed by atoms with Gasteiger partial charge in [0.1, 0.15) is 17.5 Å². The monoisotopic (exact) mass is 393 g/mol. The summed E-state index contributed by atoms with van der Waals surface area (Å²) in [5.74, 6) is 0.249. The van der Waals surface area contributed by atoms with Crippen molar-refractivity contribution in [3.8, 4) is 11.8 Å². The van der Waals surface area contributed by atoms with Crippen LogP contribution in [0, 0.1) is 18.3 Å². The minimum absolute atomic E-state index is 0.159. The van der Waals surface area contributed by atoms with E-state index in [0.29, 0.717) is 33.4 Å². The van der Waals surface area contributed by atoms with Gasteiger partial charge in [0.2, 0.25) is 5.95 Å². The van der Waals surface area contributed by atoms with Gasteiger partial charge in [0.25, 0.3) is 5.91 Å². The molecule has 2 N–H and O–H groups in total. The lowest BCUT2D eigenvalue weighted by atomic mass is 10.2. The Hall–Kier alpha value is -3.63. The molecule has 2 aromatic carbocycles. The van der Waals surface area contributed by atoms with Crippen LogP contribution in [0.5, 0.6) is 5.75 Å². The molecule has 0 spiro atoms. The Balaban J connectivity index is 1.88. The molecule has 1 heterocycles. The van der Waals surface area contributed by atoms with E-state index in [2.05, 4.69) is 26.7 Å². The third-order valence-corrected chi connectivity index (χ3v) is 4.03. The van der Waals surface area contributed by atoms with Crippen LogP contribution in [0.15, 0.2) is 48.5 Å². The number of carbonyl (C=O) groups is 1. The van der Waals surface area contributed by atoms with Gasteiger partial charge in [0, 0.05) is 10.7 Å². The van der Waals surface area contributed by atoms with Gasteiger partial charge in [-0.3, -0.25) is 4.79 Å². The quantitative estimate of drug-likeness (QED) is 0.669. The summed E-state index contributed by atoms with van der Waals surface area (Å²) in [7, 11) is 1.50. The van der Waals surface area contributed by atoms with Gasteiger partial charge < -0.3 is 15.4 Å². The van der Waals surface area contributed by atoms with Crippen LogP contribution in [0.4, 0.5) is 17.3 Å². The van der Waals surface area contributed by atoms with Gasteiger partial charge in [0.15, 0.2) is 0 Å². The highest BCUT2D eigenvalue weighted by Gasteiger charge is 2.14. The predicted octanol–water partition coefficient (Wildman–Crippen LogP) is 4.31. The topological polar surface area (TPSA) is 99.9 Å². The van der Waals surface area contributed by atoms with Gasteiger partial charge in [-0.2, -0.15) is 5.26 Å². The van der Waals surface area contributed by atoms with E-state index in [0.717, 1.165) is 0 Å². The Bertz CT molecular complexity index is 1080. The van der Waals surface area contributed by atoms with Crippen LogP contribution >= 0.6 is 11.6 Å². The normalized spacial score (nSPS) is 10.1. The zero-order valence-corrected chi connectivity index (χ0v) is 15.9. The van der Waals surface area contributed by atoms with E-state index in [1.165, 1.54) is 7.11 Å². The molecular formula is C20H16ClN5O2. The molecular weight excluding hydrogens is 378 g/mol. The van der Waals surface area contributed by atoms with Gasteiger partial charge in [-0.05, 0) is 43.3 Å². The Labute approximate surface area is 167 Å². The van der Waals surface area contributed by atoms with Crippen molar-refractivity contribution in [2.75, 3.05) is 17.7 Å². The number of hydrogen-bond acceptors (Lipinski definition) is 6. The standard InChI is InChI=1S/C20H16ClN5O2/c1-12-9-17(19(27)24-16-10-14(21)7-8-18(16)28-2)26-20(23-12)25-15-6-4-3-5-13(15)11-22/h3-10H,1-2H3,(H,24,27)(H,23,25,26). The van der Waals surface area contributed by atoms with Gasteiger partial charge in [0.05, 0.1) is 24.0 Å². The third kappa shape index (κ3) is 4.37. The van der Waals surface area contributed by atoms with E-state index in [1.54, 1.807) is 55.5 Å². The van der Waals surface area contributed by atoms with Crippen molar-refractivity contribution >= 4 is 34.8 Å². The molecule has 0 fully saturated rings. The van der Waals surface area contributed by atoms with Gasteiger partial charge >= 0.3 is 0 Å². The Morgan fingerprint density at radius 1 is 1.14 bits per heavy atom. The van der Waals surface area contributed by atoms with Crippen LogP contribution in [-0.2, 0) is 0 Å². The first-order valence-corrected chi connectivity index (χ1v) is 8.64. The number of rotatable bonds is 5. The van der Waals surface area contributed by atoms with E-state index in [1.807, 2.05) is 0 Å². The molecule has 3 rings (SSSR count). The largest absolute Gasteiger partial charge is 0.495 e. The Morgan fingerprint density at radius 2 is 1.93 bits per heavy atom. The number of methoxy groups -OCH3 is 1. The number of hydrogen-bond donors (Lipinski definition) is 2. The van der Waals surface area contributed by atoms with Crippen LogP contribution in [0.3, 0.4) is 0 Å². The average Bonchev–Trinajstić information content (AvgIpc) is 2.68. The predicted molar refractivity (Wildman–Crippen MR) is 107 cm³/mol. The number of nitriles is 1.